The van der Waals surface area contributed by atoms with E-state index in [-0.39, 0.29) is 12.0 Å². The lowest BCUT2D eigenvalue weighted by molar-refractivity contribution is -0.143. The molecule has 2 atom stereocenters. The molecule has 4 heteroatoms. The lowest BCUT2D eigenvalue weighted by Crippen LogP contribution is -2.41. The summed E-state index contributed by atoms with van der Waals surface area (Å²) in [5.74, 6) is -0.998. The van der Waals surface area contributed by atoms with E-state index in [4.69, 9.17) is 11.6 Å². The highest BCUT2D eigenvalue weighted by Gasteiger charge is 2.31. The highest BCUT2D eigenvalue weighted by molar-refractivity contribution is 6.30. The summed E-state index contributed by atoms with van der Waals surface area (Å²) in [7, 11) is 0. The highest BCUT2D eigenvalue weighted by atomic mass is 35.5. The first kappa shape index (κ1) is 16.0. The van der Waals surface area contributed by atoms with Crippen molar-refractivity contribution in [2.24, 2.45) is 5.92 Å². The number of likely N-dealkylation sites (tertiary alicyclic amines) is 1. The third-order valence-corrected chi connectivity index (χ3v) is 4.68. The minimum atomic E-state index is -0.701. The summed E-state index contributed by atoms with van der Waals surface area (Å²) in [6.07, 6.45) is 1.66. The molecule has 0 saturated carbocycles. The van der Waals surface area contributed by atoms with Crippen molar-refractivity contribution in [1.29, 1.82) is 0 Å². The fraction of sp³-hybridized carbons (Fsp3) is 0.316. The topological polar surface area (TPSA) is 40.5 Å². The Morgan fingerprint density at radius 2 is 1.87 bits per heavy atom. The summed E-state index contributed by atoms with van der Waals surface area (Å²) in [5, 5.41) is 10.1. The first-order valence-electron chi connectivity index (χ1n) is 7.92. The molecule has 23 heavy (non-hydrogen) atoms. The molecule has 1 saturated heterocycles. The normalized spacial score (nSPS) is 20.1. The minimum absolute atomic E-state index is 0.0389. The van der Waals surface area contributed by atoms with Gasteiger partial charge >= 0.3 is 5.97 Å². The Morgan fingerprint density at radius 3 is 2.57 bits per heavy atom. The molecule has 0 aliphatic carbocycles. The molecule has 2 aromatic carbocycles. The number of hydrogen-bond donors (Lipinski definition) is 1. The predicted octanol–water partition coefficient (Wildman–Crippen LogP) is 4.23. The standard InChI is InChI=1S/C19H20ClNO2/c20-17-10-4-8-15(12-17)18(14-6-2-1-3-7-14)21-11-5-9-16(13-21)19(22)23/h1-4,6-8,10,12,16,18H,5,9,11,13H2,(H,22,23). The van der Waals surface area contributed by atoms with E-state index in [1.807, 2.05) is 36.4 Å². The van der Waals surface area contributed by atoms with Gasteiger partial charge in [0.05, 0.1) is 12.0 Å². The number of benzene rings is 2. The van der Waals surface area contributed by atoms with Gasteiger partial charge in [0.2, 0.25) is 0 Å². The SMILES string of the molecule is O=C(O)C1CCCN(C(c2ccccc2)c2cccc(Cl)c2)C1. The molecule has 2 aromatic rings. The van der Waals surface area contributed by atoms with Gasteiger partial charge in [0.1, 0.15) is 0 Å². The Hall–Kier alpha value is -1.84. The van der Waals surface area contributed by atoms with E-state index in [0.717, 1.165) is 24.9 Å². The fourth-order valence-electron chi connectivity index (χ4n) is 3.37. The van der Waals surface area contributed by atoms with Crippen molar-refractivity contribution in [3.8, 4) is 0 Å². The van der Waals surface area contributed by atoms with Crippen molar-refractivity contribution in [2.75, 3.05) is 13.1 Å². The van der Waals surface area contributed by atoms with Gasteiger partial charge in [0.25, 0.3) is 0 Å². The predicted molar refractivity (Wildman–Crippen MR) is 91.7 cm³/mol. The van der Waals surface area contributed by atoms with Crippen LogP contribution in [0.2, 0.25) is 5.02 Å². The molecule has 3 nitrogen and oxygen atoms in total. The molecule has 1 N–H and O–H groups in total. The Kier molecular flexibility index (Phi) is 4.99. The van der Waals surface area contributed by atoms with E-state index in [0.29, 0.717) is 11.6 Å². The van der Waals surface area contributed by atoms with Crippen LogP contribution in [0.4, 0.5) is 0 Å². The Bertz CT molecular complexity index is 674. The lowest BCUT2D eigenvalue weighted by atomic mass is 9.91. The molecule has 0 spiro atoms. The second kappa shape index (κ2) is 7.16. The van der Waals surface area contributed by atoms with Crippen LogP contribution in [0.15, 0.2) is 54.6 Å². The molecular formula is C19H20ClNO2. The molecule has 0 radical (unpaired) electrons. The second-order valence-electron chi connectivity index (χ2n) is 6.04. The Labute approximate surface area is 141 Å². The van der Waals surface area contributed by atoms with Crippen LogP contribution in [0.25, 0.3) is 0 Å². The van der Waals surface area contributed by atoms with Gasteiger partial charge < -0.3 is 5.11 Å². The summed E-state index contributed by atoms with van der Waals surface area (Å²) in [4.78, 5) is 13.7. The van der Waals surface area contributed by atoms with E-state index >= 15 is 0 Å². The van der Waals surface area contributed by atoms with Gasteiger partial charge in [0, 0.05) is 11.6 Å². The number of nitrogens with zero attached hydrogens (tertiary/aromatic N) is 1. The molecule has 120 valence electrons. The van der Waals surface area contributed by atoms with Gasteiger partial charge in [-0.15, -0.1) is 0 Å². The van der Waals surface area contributed by atoms with Gasteiger partial charge in [-0.25, -0.2) is 0 Å². The summed E-state index contributed by atoms with van der Waals surface area (Å²) in [5.41, 5.74) is 2.27. The van der Waals surface area contributed by atoms with Gasteiger partial charge in [-0.05, 0) is 42.6 Å². The second-order valence-corrected chi connectivity index (χ2v) is 6.48. The number of halogens is 1. The first-order valence-corrected chi connectivity index (χ1v) is 8.30. The maximum Gasteiger partial charge on any atom is 0.307 e. The van der Waals surface area contributed by atoms with Crippen LogP contribution in [-0.2, 0) is 4.79 Å². The van der Waals surface area contributed by atoms with E-state index in [9.17, 15) is 9.90 Å². The average Bonchev–Trinajstić information content (AvgIpc) is 2.56. The largest absolute Gasteiger partial charge is 0.481 e. The summed E-state index contributed by atoms with van der Waals surface area (Å²) >= 11 is 6.18. The Balaban J connectivity index is 1.97. The van der Waals surface area contributed by atoms with Crippen LogP contribution in [0.1, 0.15) is 30.0 Å². The molecule has 0 aromatic heterocycles. The molecule has 1 heterocycles. The zero-order valence-electron chi connectivity index (χ0n) is 12.9. The van der Waals surface area contributed by atoms with Gasteiger partial charge in [-0.1, -0.05) is 54.1 Å². The molecular weight excluding hydrogens is 310 g/mol. The maximum atomic E-state index is 11.4. The van der Waals surface area contributed by atoms with E-state index < -0.39 is 5.97 Å². The van der Waals surface area contributed by atoms with Crippen molar-refractivity contribution in [2.45, 2.75) is 18.9 Å². The third kappa shape index (κ3) is 3.74. The third-order valence-electron chi connectivity index (χ3n) is 4.45. The highest BCUT2D eigenvalue weighted by Crippen LogP contribution is 2.33. The summed E-state index contributed by atoms with van der Waals surface area (Å²) in [6, 6.07) is 18.1. The van der Waals surface area contributed by atoms with Crippen LogP contribution < -0.4 is 0 Å². The molecule has 3 rings (SSSR count). The number of rotatable bonds is 4. The molecule has 1 aliphatic rings. The van der Waals surface area contributed by atoms with Crippen molar-refractivity contribution >= 4 is 17.6 Å². The van der Waals surface area contributed by atoms with Crippen molar-refractivity contribution in [1.82, 2.24) is 4.90 Å². The summed E-state index contributed by atoms with van der Waals surface area (Å²) in [6.45, 7) is 1.47. The maximum absolute atomic E-state index is 11.4. The van der Waals surface area contributed by atoms with Crippen molar-refractivity contribution < 1.29 is 9.90 Å². The lowest BCUT2D eigenvalue weighted by Gasteiger charge is -2.37. The molecule has 0 amide bonds. The number of carboxylic acids is 1. The van der Waals surface area contributed by atoms with E-state index in [1.54, 1.807) is 0 Å². The minimum Gasteiger partial charge on any atom is -0.481 e. The number of carbonyl (C=O) groups is 1. The molecule has 0 bridgehead atoms. The van der Waals surface area contributed by atoms with Crippen LogP contribution >= 0.6 is 11.6 Å². The van der Waals surface area contributed by atoms with Crippen LogP contribution in [0.5, 0.6) is 0 Å². The van der Waals surface area contributed by atoms with E-state index in [1.165, 1.54) is 5.56 Å². The van der Waals surface area contributed by atoms with Crippen LogP contribution in [-0.4, -0.2) is 29.1 Å². The van der Waals surface area contributed by atoms with Gasteiger partial charge in [0.15, 0.2) is 0 Å². The number of aliphatic carboxylic acids is 1. The monoisotopic (exact) mass is 329 g/mol. The first-order chi connectivity index (χ1) is 11.1. The molecule has 2 unspecified atom stereocenters. The van der Waals surface area contributed by atoms with Crippen LogP contribution in [0, 0.1) is 5.92 Å². The Morgan fingerprint density at radius 1 is 1.13 bits per heavy atom. The average molecular weight is 330 g/mol. The van der Waals surface area contributed by atoms with Crippen molar-refractivity contribution in [3.63, 3.8) is 0 Å². The number of hydrogen-bond acceptors (Lipinski definition) is 2. The fourth-order valence-corrected chi connectivity index (χ4v) is 3.57. The quantitative estimate of drug-likeness (QED) is 0.912. The smallest absolute Gasteiger partial charge is 0.307 e. The zero-order valence-corrected chi connectivity index (χ0v) is 13.6. The number of carboxylic acid groups (broad SMARTS) is 1. The number of piperidine rings is 1. The van der Waals surface area contributed by atoms with E-state index in [2.05, 4.69) is 23.1 Å². The van der Waals surface area contributed by atoms with Crippen LogP contribution in [0.3, 0.4) is 0 Å². The summed E-state index contributed by atoms with van der Waals surface area (Å²) < 4.78 is 0. The zero-order chi connectivity index (χ0) is 16.2. The van der Waals surface area contributed by atoms with Crippen molar-refractivity contribution in [3.05, 3.63) is 70.7 Å². The molecule has 1 fully saturated rings. The molecule has 1 aliphatic heterocycles. The van der Waals surface area contributed by atoms with Gasteiger partial charge in [-0.3, -0.25) is 9.69 Å². The van der Waals surface area contributed by atoms with Gasteiger partial charge in [-0.2, -0.15) is 0 Å².